The van der Waals surface area contributed by atoms with Crippen LogP contribution in [0.5, 0.6) is 0 Å². The van der Waals surface area contributed by atoms with Crippen LogP contribution in [0.25, 0.3) is 0 Å². The molecule has 1 aliphatic heterocycles. The highest BCUT2D eigenvalue weighted by Gasteiger charge is 2.36. The van der Waals surface area contributed by atoms with Gasteiger partial charge in [0.05, 0.1) is 12.6 Å². The van der Waals surface area contributed by atoms with E-state index in [2.05, 4.69) is 10.3 Å². The average Bonchev–Trinajstić information content (AvgIpc) is 2.91. The third kappa shape index (κ3) is 3.10. The Morgan fingerprint density at radius 3 is 2.83 bits per heavy atom. The Labute approximate surface area is 136 Å². The van der Waals surface area contributed by atoms with Gasteiger partial charge in [0.25, 0.3) is 5.91 Å². The Hall–Kier alpha value is -1.89. The first-order valence-corrected chi connectivity index (χ1v) is 8.26. The van der Waals surface area contributed by atoms with E-state index in [0.717, 1.165) is 25.1 Å². The van der Waals surface area contributed by atoms with E-state index in [0.29, 0.717) is 31.9 Å². The number of amides is 2. The van der Waals surface area contributed by atoms with E-state index in [1.54, 1.807) is 13.3 Å². The lowest BCUT2D eigenvalue weighted by Gasteiger charge is -2.38. The summed E-state index contributed by atoms with van der Waals surface area (Å²) in [5.41, 5.74) is 0.404. The molecule has 126 valence electrons. The maximum Gasteiger partial charge on any atom is 0.271 e. The summed E-state index contributed by atoms with van der Waals surface area (Å²) in [5, 5.41) is 2.77. The van der Waals surface area contributed by atoms with E-state index >= 15 is 0 Å². The number of methoxy groups -OCH3 is 1. The quantitative estimate of drug-likeness (QED) is 0.820. The molecule has 23 heavy (non-hydrogen) atoms. The van der Waals surface area contributed by atoms with Gasteiger partial charge in [-0.1, -0.05) is 6.42 Å². The van der Waals surface area contributed by atoms with Gasteiger partial charge in [-0.25, -0.2) is 4.98 Å². The lowest BCUT2D eigenvalue weighted by Crippen LogP contribution is -2.45. The second-order valence-electron chi connectivity index (χ2n) is 6.26. The number of rotatable bonds is 5. The van der Waals surface area contributed by atoms with Crippen LogP contribution in [-0.4, -0.2) is 53.1 Å². The zero-order chi connectivity index (χ0) is 16.4. The molecule has 0 radical (unpaired) electrons. The molecule has 1 aliphatic carbocycles. The van der Waals surface area contributed by atoms with Crippen molar-refractivity contribution in [2.75, 3.05) is 26.8 Å². The lowest BCUT2D eigenvalue weighted by atomic mass is 9.84. The second-order valence-corrected chi connectivity index (χ2v) is 6.26. The van der Waals surface area contributed by atoms with Gasteiger partial charge in [0, 0.05) is 38.9 Å². The van der Waals surface area contributed by atoms with Crippen molar-refractivity contribution >= 4 is 11.8 Å². The molecule has 0 unspecified atom stereocenters. The number of aromatic nitrogens is 2. The zero-order valence-electron chi connectivity index (χ0n) is 13.7. The Bertz CT molecular complexity index is 594. The largest absolute Gasteiger partial charge is 0.383 e. The molecule has 7 nitrogen and oxygen atoms in total. The van der Waals surface area contributed by atoms with Crippen LogP contribution in [0, 0.1) is 5.92 Å². The van der Waals surface area contributed by atoms with Crippen molar-refractivity contribution in [1.29, 1.82) is 0 Å². The minimum atomic E-state index is -0.201. The summed E-state index contributed by atoms with van der Waals surface area (Å²) in [5.74, 6) is 1.02. The Kier molecular flexibility index (Phi) is 4.66. The van der Waals surface area contributed by atoms with E-state index in [1.165, 1.54) is 0 Å². The molecular weight excluding hydrogens is 296 g/mol. The summed E-state index contributed by atoms with van der Waals surface area (Å²) in [6, 6.07) is -0.0858. The molecule has 2 amide bonds. The van der Waals surface area contributed by atoms with Crippen LogP contribution in [0.3, 0.4) is 0 Å². The second kappa shape index (κ2) is 6.70. The van der Waals surface area contributed by atoms with Crippen molar-refractivity contribution in [2.45, 2.75) is 38.8 Å². The fraction of sp³-hybridized carbons (Fsp3) is 0.688. The summed E-state index contributed by atoms with van der Waals surface area (Å²) in [6.45, 7) is 4.29. The highest BCUT2D eigenvalue weighted by Crippen LogP contribution is 2.33. The number of nitrogens with one attached hydrogen (secondary N) is 1. The maximum atomic E-state index is 12.5. The monoisotopic (exact) mass is 320 g/mol. The number of hydrogen-bond acceptors (Lipinski definition) is 4. The molecule has 1 saturated carbocycles. The smallest absolute Gasteiger partial charge is 0.271 e. The van der Waals surface area contributed by atoms with Crippen LogP contribution < -0.4 is 5.32 Å². The first kappa shape index (κ1) is 16.0. The molecular formula is C16H24N4O3. The molecule has 1 fully saturated rings. The number of imidazole rings is 1. The number of fused-ring (bicyclic) bond motifs is 1. The van der Waals surface area contributed by atoms with Crippen LogP contribution in [-0.2, 0) is 16.1 Å². The third-order valence-electron chi connectivity index (χ3n) is 4.79. The highest BCUT2D eigenvalue weighted by atomic mass is 16.5. The van der Waals surface area contributed by atoms with Crippen molar-refractivity contribution in [1.82, 2.24) is 19.8 Å². The van der Waals surface area contributed by atoms with Crippen LogP contribution in [0.15, 0.2) is 6.20 Å². The molecule has 0 spiro atoms. The topological polar surface area (TPSA) is 76.5 Å². The van der Waals surface area contributed by atoms with E-state index in [9.17, 15) is 9.59 Å². The fourth-order valence-corrected chi connectivity index (χ4v) is 3.15. The molecule has 1 aromatic rings. The molecule has 7 heteroatoms. The summed E-state index contributed by atoms with van der Waals surface area (Å²) >= 11 is 0. The molecule has 0 saturated heterocycles. The minimum absolute atomic E-state index is 0.0858. The van der Waals surface area contributed by atoms with Gasteiger partial charge >= 0.3 is 0 Å². The molecule has 1 atom stereocenters. The predicted octanol–water partition coefficient (Wildman–Crippen LogP) is 0.963. The molecule has 1 N–H and O–H groups in total. The average molecular weight is 320 g/mol. The van der Waals surface area contributed by atoms with Gasteiger partial charge in [-0.3, -0.25) is 9.59 Å². The summed E-state index contributed by atoms with van der Waals surface area (Å²) in [7, 11) is 1.59. The first-order valence-electron chi connectivity index (χ1n) is 8.26. The van der Waals surface area contributed by atoms with Gasteiger partial charge < -0.3 is 19.5 Å². The van der Waals surface area contributed by atoms with Crippen molar-refractivity contribution in [3.63, 3.8) is 0 Å². The van der Waals surface area contributed by atoms with Crippen molar-refractivity contribution in [2.24, 2.45) is 5.92 Å². The van der Waals surface area contributed by atoms with E-state index in [-0.39, 0.29) is 23.8 Å². The molecule has 1 aromatic heterocycles. The van der Waals surface area contributed by atoms with Crippen molar-refractivity contribution in [3.8, 4) is 0 Å². The third-order valence-corrected chi connectivity index (χ3v) is 4.79. The first-order chi connectivity index (χ1) is 11.1. The molecule has 0 aromatic carbocycles. The van der Waals surface area contributed by atoms with E-state index < -0.39 is 0 Å². The van der Waals surface area contributed by atoms with Gasteiger partial charge in [0.2, 0.25) is 5.91 Å². The number of ether oxygens (including phenoxy) is 1. The standard InChI is InChI=1S/C16H24N4O3/c1-11-14-18-13(15(21)17-6-9-23-2)10-19(14)7-8-20(11)16(22)12-4-3-5-12/h10-12H,3-9H2,1-2H3,(H,17,21)/t11-/m0/s1. The van der Waals surface area contributed by atoms with Crippen LogP contribution in [0.2, 0.25) is 0 Å². The maximum absolute atomic E-state index is 12.5. The molecule has 3 rings (SSSR count). The number of hydrogen-bond donors (Lipinski definition) is 1. The van der Waals surface area contributed by atoms with Gasteiger partial charge in [-0.2, -0.15) is 0 Å². The SMILES string of the molecule is COCCNC(=O)c1cn2c(n1)[C@H](C)N(C(=O)C1CCC1)CC2. The molecule has 2 aliphatic rings. The Morgan fingerprint density at radius 2 is 2.17 bits per heavy atom. The van der Waals surface area contributed by atoms with Crippen LogP contribution in [0.1, 0.15) is 48.5 Å². The number of carbonyl (C=O) groups excluding carboxylic acids is 2. The van der Waals surface area contributed by atoms with Crippen LogP contribution in [0.4, 0.5) is 0 Å². The van der Waals surface area contributed by atoms with E-state index in [1.807, 2.05) is 16.4 Å². The lowest BCUT2D eigenvalue weighted by molar-refractivity contribution is -0.141. The summed E-state index contributed by atoms with van der Waals surface area (Å²) in [6.07, 6.45) is 4.94. The summed E-state index contributed by atoms with van der Waals surface area (Å²) < 4.78 is 6.91. The minimum Gasteiger partial charge on any atom is -0.383 e. The number of carbonyl (C=O) groups is 2. The zero-order valence-corrected chi connectivity index (χ0v) is 13.7. The van der Waals surface area contributed by atoms with Gasteiger partial charge in [-0.15, -0.1) is 0 Å². The van der Waals surface area contributed by atoms with E-state index in [4.69, 9.17) is 4.74 Å². The Morgan fingerprint density at radius 1 is 1.39 bits per heavy atom. The van der Waals surface area contributed by atoms with Gasteiger partial charge in [0.1, 0.15) is 11.5 Å². The van der Waals surface area contributed by atoms with Gasteiger partial charge in [-0.05, 0) is 19.8 Å². The predicted molar refractivity (Wildman–Crippen MR) is 83.9 cm³/mol. The van der Waals surface area contributed by atoms with Crippen molar-refractivity contribution < 1.29 is 14.3 Å². The highest BCUT2D eigenvalue weighted by molar-refractivity contribution is 5.92. The molecule has 0 bridgehead atoms. The van der Waals surface area contributed by atoms with Crippen LogP contribution >= 0.6 is 0 Å². The normalized spacial score (nSPS) is 20.8. The van der Waals surface area contributed by atoms with Gasteiger partial charge in [0.15, 0.2) is 0 Å². The summed E-state index contributed by atoms with van der Waals surface area (Å²) in [4.78, 5) is 31.0. The Balaban J connectivity index is 1.69. The van der Waals surface area contributed by atoms with Crippen molar-refractivity contribution in [3.05, 3.63) is 17.7 Å². The molecule has 2 heterocycles. The number of nitrogens with zero attached hydrogens (tertiary/aromatic N) is 3. The fourth-order valence-electron chi connectivity index (χ4n) is 3.15.